The van der Waals surface area contributed by atoms with Crippen molar-refractivity contribution in [3.05, 3.63) is 56.4 Å². The molecule has 0 aliphatic heterocycles. The summed E-state index contributed by atoms with van der Waals surface area (Å²) in [6.07, 6.45) is -0.225. The van der Waals surface area contributed by atoms with Crippen molar-refractivity contribution in [2.45, 2.75) is 6.42 Å². The average Bonchev–Trinajstić information content (AvgIpc) is 2.32. The first-order valence-electron chi connectivity index (χ1n) is 5.37. The van der Waals surface area contributed by atoms with Gasteiger partial charge in [0.05, 0.1) is 16.5 Å². The van der Waals surface area contributed by atoms with Gasteiger partial charge < -0.3 is 10.1 Å². The molecular weight excluding hydrogens is 289 g/mol. The van der Waals surface area contributed by atoms with Gasteiger partial charge in [0.25, 0.3) is 5.56 Å². The molecule has 0 radical (unpaired) electrons. The summed E-state index contributed by atoms with van der Waals surface area (Å²) in [5.41, 5.74) is 1.02. The topological polar surface area (TPSA) is 70.2 Å². The smallest absolute Gasteiger partial charge is 0.309 e. The standard InChI is InChI=1S/C13H9Cl2NO3/c14-10-4-1-7(5-11(10)15)9-3-2-8(6-12(17)18)16-13(9)19/h1-5H,6H2,(H,16,19)(H,17,18). The summed E-state index contributed by atoms with van der Waals surface area (Å²) in [4.78, 5) is 25.0. The molecule has 0 bridgehead atoms. The number of aromatic amines is 1. The first-order chi connectivity index (χ1) is 8.97. The summed E-state index contributed by atoms with van der Waals surface area (Å²) >= 11 is 11.7. The molecule has 19 heavy (non-hydrogen) atoms. The van der Waals surface area contributed by atoms with Crippen LogP contribution in [0.3, 0.4) is 0 Å². The number of carboxylic acid groups (broad SMARTS) is 1. The van der Waals surface area contributed by atoms with Crippen LogP contribution in [0.4, 0.5) is 0 Å². The summed E-state index contributed by atoms with van der Waals surface area (Å²) in [7, 11) is 0. The van der Waals surface area contributed by atoms with Crippen LogP contribution in [-0.4, -0.2) is 16.1 Å². The molecule has 2 N–H and O–H groups in total. The van der Waals surface area contributed by atoms with Gasteiger partial charge in [0.2, 0.25) is 0 Å². The summed E-state index contributed by atoms with van der Waals surface area (Å²) in [5.74, 6) is -1.00. The summed E-state index contributed by atoms with van der Waals surface area (Å²) in [6, 6.07) is 7.99. The molecule has 2 aromatic rings. The van der Waals surface area contributed by atoms with Crippen LogP contribution in [0.5, 0.6) is 0 Å². The summed E-state index contributed by atoms with van der Waals surface area (Å²) < 4.78 is 0. The van der Waals surface area contributed by atoms with Gasteiger partial charge >= 0.3 is 5.97 Å². The number of aliphatic carboxylic acids is 1. The second-order valence-electron chi connectivity index (χ2n) is 3.93. The Bertz CT molecular complexity index is 695. The van der Waals surface area contributed by atoms with E-state index in [1.165, 1.54) is 0 Å². The molecule has 2 rings (SSSR count). The zero-order chi connectivity index (χ0) is 14.0. The molecule has 0 saturated carbocycles. The molecule has 0 amide bonds. The number of nitrogens with one attached hydrogen (secondary N) is 1. The number of hydrogen-bond acceptors (Lipinski definition) is 2. The molecule has 98 valence electrons. The van der Waals surface area contributed by atoms with Crippen LogP contribution in [0.2, 0.25) is 10.0 Å². The Morgan fingerprint density at radius 1 is 1.16 bits per heavy atom. The number of carbonyl (C=O) groups is 1. The van der Waals surface area contributed by atoms with Gasteiger partial charge in [-0.1, -0.05) is 29.3 Å². The van der Waals surface area contributed by atoms with Crippen LogP contribution in [-0.2, 0) is 11.2 Å². The quantitative estimate of drug-likeness (QED) is 0.915. The zero-order valence-electron chi connectivity index (χ0n) is 9.61. The fourth-order valence-electron chi connectivity index (χ4n) is 1.67. The van der Waals surface area contributed by atoms with Crippen LogP contribution >= 0.6 is 23.2 Å². The van der Waals surface area contributed by atoms with E-state index in [9.17, 15) is 9.59 Å². The first kappa shape index (κ1) is 13.6. The molecule has 0 unspecified atom stereocenters. The Labute approximate surface area is 118 Å². The minimum atomic E-state index is -1.00. The number of aromatic nitrogens is 1. The lowest BCUT2D eigenvalue weighted by Gasteiger charge is -2.04. The number of hydrogen-bond donors (Lipinski definition) is 2. The summed E-state index contributed by atoms with van der Waals surface area (Å²) in [5, 5.41) is 9.42. The third kappa shape index (κ3) is 3.16. The Morgan fingerprint density at radius 3 is 2.47 bits per heavy atom. The molecule has 1 aromatic heterocycles. The fourth-order valence-corrected chi connectivity index (χ4v) is 1.97. The molecule has 0 saturated heterocycles. The Hall–Kier alpha value is -1.78. The third-order valence-electron chi connectivity index (χ3n) is 2.54. The Kier molecular flexibility index (Phi) is 3.93. The maximum atomic E-state index is 11.9. The summed E-state index contributed by atoms with van der Waals surface area (Å²) in [6.45, 7) is 0. The van der Waals surface area contributed by atoms with Gasteiger partial charge in [-0.15, -0.1) is 0 Å². The van der Waals surface area contributed by atoms with Crippen LogP contribution in [0.15, 0.2) is 35.1 Å². The van der Waals surface area contributed by atoms with Gasteiger partial charge in [-0.05, 0) is 29.8 Å². The Morgan fingerprint density at radius 2 is 1.89 bits per heavy atom. The SMILES string of the molecule is O=C(O)Cc1ccc(-c2ccc(Cl)c(Cl)c2)c(=O)[nH]1. The van der Waals surface area contributed by atoms with Crippen molar-refractivity contribution in [3.63, 3.8) is 0 Å². The van der Waals surface area contributed by atoms with E-state index in [0.29, 0.717) is 26.9 Å². The van der Waals surface area contributed by atoms with Gasteiger partial charge in [0, 0.05) is 11.3 Å². The van der Waals surface area contributed by atoms with Crippen LogP contribution < -0.4 is 5.56 Å². The molecule has 1 heterocycles. The molecule has 0 spiro atoms. The second kappa shape index (κ2) is 5.47. The highest BCUT2D eigenvalue weighted by molar-refractivity contribution is 6.42. The van der Waals surface area contributed by atoms with Crippen molar-refractivity contribution in [2.75, 3.05) is 0 Å². The number of pyridine rings is 1. The molecule has 1 aromatic carbocycles. The highest BCUT2D eigenvalue weighted by atomic mass is 35.5. The lowest BCUT2D eigenvalue weighted by Crippen LogP contribution is -2.13. The van der Waals surface area contributed by atoms with E-state index in [0.717, 1.165) is 0 Å². The lowest BCUT2D eigenvalue weighted by molar-refractivity contribution is -0.136. The predicted octanol–water partition coefficient (Wildman–Crippen LogP) is 2.98. The third-order valence-corrected chi connectivity index (χ3v) is 3.28. The molecule has 0 aliphatic rings. The number of H-pyrrole nitrogens is 1. The minimum Gasteiger partial charge on any atom is -0.481 e. The maximum Gasteiger partial charge on any atom is 0.309 e. The minimum absolute atomic E-state index is 0.225. The Balaban J connectivity index is 2.43. The monoisotopic (exact) mass is 297 g/mol. The normalized spacial score (nSPS) is 10.4. The molecule has 0 atom stereocenters. The molecular formula is C13H9Cl2NO3. The van der Waals surface area contributed by atoms with E-state index in [-0.39, 0.29) is 12.0 Å². The first-order valence-corrected chi connectivity index (χ1v) is 6.12. The van der Waals surface area contributed by atoms with Gasteiger partial charge in [0.15, 0.2) is 0 Å². The number of halogens is 2. The maximum absolute atomic E-state index is 11.9. The number of rotatable bonds is 3. The molecule has 6 heteroatoms. The number of carboxylic acids is 1. The fraction of sp³-hybridized carbons (Fsp3) is 0.0769. The van der Waals surface area contributed by atoms with Gasteiger partial charge in [-0.25, -0.2) is 0 Å². The van der Waals surface area contributed by atoms with Crippen LogP contribution in [0, 0.1) is 0 Å². The van der Waals surface area contributed by atoms with Crippen molar-refractivity contribution in [3.8, 4) is 11.1 Å². The van der Waals surface area contributed by atoms with Crippen molar-refractivity contribution < 1.29 is 9.90 Å². The van der Waals surface area contributed by atoms with E-state index in [1.54, 1.807) is 30.3 Å². The highest BCUT2D eigenvalue weighted by Gasteiger charge is 2.08. The van der Waals surface area contributed by atoms with Crippen molar-refractivity contribution in [1.82, 2.24) is 4.98 Å². The van der Waals surface area contributed by atoms with E-state index < -0.39 is 5.97 Å². The predicted molar refractivity (Wildman–Crippen MR) is 73.9 cm³/mol. The second-order valence-corrected chi connectivity index (χ2v) is 4.74. The molecule has 0 aliphatic carbocycles. The van der Waals surface area contributed by atoms with Crippen LogP contribution in [0.1, 0.15) is 5.69 Å². The van der Waals surface area contributed by atoms with Crippen LogP contribution in [0.25, 0.3) is 11.1 Å². The van der Waals surface area contributed by atoms with E-state index in [4.69, 9.17) is 28.3 Å². The van der Waals surface area contributed by atoms with E-state index in [1.807, 2.05) is 0 Å². The largest absolute Gasteiger partial charge is 0.481 e. The highest BCUT2D eigenvalue weighted by Crippen LogP contribution is 2.26. The van der Waals surface area contributed by atoms with E-state index >= 15 is 0 Å². The van der Waals surface area contributed by atoms with Crippen molar-refractivity contribution in [2.24, 2.45) is 0 Å². The molecule has 0 fully saturated rings. The van der Waals surface area contributed by atoms with E-state index in [2.05, 4.69) is 4.98 Å². The van der Waals surface area contributed by atoms with Gasteiger partial charge in [-0.2, -0.15) is 0 Å². The van der Waals surface area contributed by atoms with Gasteiger partial charge in [-0.3, -0.25) is 9.59 Å². The van der Waals surface area contributed by atoms with Crippen molar-refractivity contribution in [1.29, 1.82) is 0 Å². The number of benzene rings is 1. The van der Waals surface area contributed by atoms with Gasteiger partial charge in [0.1, 0.15) is 0 Å². The average molecular weight is 298 g/mol. The molecule has 4 nitrogen and oxygen atoms in total. The lowest BCUT2D eigenvalue weighted by atomic mass is 10.1. The van der Waals surface area contributed by atoms with Crippen molar-refractivity contribution >= 4 is 29.2 Å². The zero-order valence-corrected chi connectivity index (χ0v) is 11.1.